The summed E-state index contributed by atoms with van der Waals surface area (Å²) in [6.45, 7) is 0.924. The van der Waals surface area contributed by atoms with E-state index in [4.69, 9.17) is 14.2 Å². The molecule has 3 aromatic rings. The Hall–Kier alpha value is -3.47. The molecule has 0 atom stereocenters. The number of nitrogens with one attached hydrogen (secondary N) is 1. The smallest absolute Gasteiger partial charge is 0.255 e. The topological polar surface area (TPSA) is 56.8 Å². The number of methoxy groups -OCH3 is 2. The van der Waals surface area contributed by atoms with E-state index in [-0.39, 0.29) is 5.91 Å². The largest absolute Gasteiger partial charge is 0.497 e. The maximum atomic E-state index is 12.5. The van der Waals surface area contributed by atoms with Gasteiger partial charge in [0.05, 0.1) is 19.8 Å². The van der Waals surface area contributed by atoms with Gasteiger partial charge in [0.15, 0.2) is 0 Å². The molecule has 0 aromatic heterocycles. The van der Waals surface area contributed by atoms with E-state index in [0.717, 1.165) is 16.9 Å². The van der Waals surface area contributed by atoms with E-state index in [0.29, 0.717) is 30.2 Å². The number of rotatable bonds is 8. The number of hydrogen-bond donors (Lipinski definition) is 1. The first-order valence-corrected chi connectivity index (χ1v) is 8.95. The summed E-state index contributed by atoms with van der Waals surface area (Å²) < 4.78 is 16.2. The van der Waals surface area contributed by atoms with Crippen LogP contribution < -0.4 is 19.5 Å². The second-order valence-electron chi connectivity index (χ2n) is 6.17. The number of para-hydroxylation sites is 1. The van der Waals surface area contributed by atoms with E-state index in [1.807, 2.05) is 54.6 Å². The molecular weight excluding hydrogens is 354 g/mol. The van der Waals surface area contributed by atoms with Crippen molar-refractivity contribution in [1.82, 2.24) is 5.32 Å². The van der Waals surface area contributed by atoms with Crippen molar-refractivity contribution in [3.8, 4) is 17.2 Å². The summed E-state index contributed by atoms with van der Waals surface area (Å²) in [4.78, 5) is 12.5. The number of carbonyl (C=O) groups excluding carboxylic acids is 1. The zero-order chi connectivity index (χ0) is 19.8. The Balaban J connectivity index is 1.55. The van der Waals surface area contributed by atoms with E-state index in [1.54, 1.807) is 25.3 Å². The molecule has 0 aliphatic heterocycles. The van der Waals surface area contributed by atoms with E-state index in [2.05, 4.69) is 5.32 Å². The molecule has 0 radical (unpaired) electrons. The third-order valence-electron chi connectivity index (χ3n) is 4.28. The van der Waals surface area contributed by atoms with Gasteiger partial charge in [0.25, 0.3) is 5.91 Å². The molecule has 0 fully saturated rings. The summed E-state index contributed by atoms with van der Waals surface area (Å²) in [5, 5.41) is 2.91. The van der Waals surface area contributed by atoms with Crippen LogP contribution in [0, 0.1) is 0 Å². The maximum Gasteiger partial charge on any atom is 0.255 e. The predicted octanol–water partition coefficient (Wildman–Crippen LogP) is 4.21. The Morgan fingerprint density at radius 3 is 2.21 bits per heavy atom. The van der Waals surface area contributed by atoms with Gasteiger partial charge in [-0.05, 0) is 35.4 Å². The summed E-state index contributed by atoms with van der Waals surface area (Å²) in [5.74, 6) is 1.76. The van der Waals surface area contributed by atoms with Crippen LogP contribution in [0.15, 0.2) is 72.8 Å². The van der Waals surface area contributed by atoms with E-state index < -0.39 is 0 Å². The molecule has 0 saturated carbocycles. The van der Waals surface area contributed by atoms with Gasteiger partial charge in [-0.25, -0.2) is 0 Å². The molecule has 1 amide bonds. The normalized spacial score (nSPS) is 10.2. The first-order chi connectivity index (χ1) is 13.7. The lowest BCUT2D eigenvalue weighted by molar-refractivity contribution is 0.0948. The van der Waals surface area contributed by atoms with E-state index >= 15 is 0 Å². The molecule has 5 nitrogen and oxygen atoms in total. The maximum absolute atomic E-state index is 12.5. The number of ether oxygens (including phenoxy) is 3. The zero-order valence-electron chi connectivity index (χ0n) is 16.0. The van der Waals surface area contributed by atoms with Crippen LogP contribution in [0.25, 0.3) is 0 Å². The number of carbonyl (C=O) groups is 1. The molecule has 3 aromatic carbocycles. The van der Waals surface area contributed by atoms with Gasteiger partial charge < -0.3 is 19.5 Å². The molecule has 3 rings (SSSR count). The predicted molar refractivity (Wildman–Crippen MR) is 108 cm³/mol. The summed E-state index contributed by atoms with van der Waals surface area (Å²) in [7, 11) is 3.10. The molecule has 0 saturated heterocycles. The van der Waals surface area contributed by atoms with Gasteiger partial charge in [-0.1, -0.05) is 42.5 Å². The summed E-state index contributed by atoms with van der Waals surface area (Å²) >= 11 is 0. The first-order valence-electron chi connectivity index (χ1n) is 8.95. The molecule has 0 unspecified atom stereocenters. The quantitative estimate of drug-likeness (QED) is 0.639. The van der Waals surface area contributed by atoms with Gasteiger partial charge in [0, 0.05) is 12.6 Å². The number of amides is 1. The fourth-order valence-electron chi connectivity index (χ4n) is 2.70. The Labute approximate surface area is 164 Å². The van der Waals surface area contributed by atoms with Gasteiger partial charge in [-0.15, -0.1) is 0 Å². The van der Waals surface area contributed by atoms with Crippen LogP contribution in [0.4, 0.5) is 0 Å². The Bertz CT molecular complexity index is 908. The minimum atomic E-state index is -0.198. The molecule has 0 aliphatic carbocycles. The van der Waals surface area contributed by atoms with Gasteiger partial charge in [-0.2, -0.15) is 0 Å². The Morgan fingerprint density at radius 2 is 1.54 bits per heavy atom. The molecule has 144 valence electrons. The average Bonchev–Trinajstić information content (AvgIpc) is 2.77. The third-order valence-corrected chi connectivity index (χ3v) is 4.28. The lowest BCUT2D eigenvalue weighted by atomic mass is 10.1. The molecule has 28 heavy (non-hydrogen) atoms. The van der Waals surface area contributed by atoms with Crippen molar-refractivity contribution in [2.75, 3.05) is 14.2 Å². The average molecular weight is 377 g/mol. The molecular formula is C23H23NO4. The van der Waals surface area contributed by atoms with Crippen LogP contribution >= 0.6 is 0 Å². The van der Waals surface area contributed by atoms with Crippen LogP contribution in [0.1, 0.15) is 21.5 Å². The highest BCUT2D eigenvalue weighted by Crippen LogP contribution is 2.24. The van der Waals surface area contributed by atoms with Crippen molar-refractivity contribution < 1.29 is 19.0 Å². The van der Waals surface area contributed by atoms with Crippen molar-refractivity contribution >= 4 is 5.91 Å². The molecule has 0 bridgehead atoms. The fraction of sp³-hybridized carbons (Fsp3) is 0.174. The SMILES string of the molecule is COc1ccc(C(=O)NCc2ccc(COc3ccccc3)cc2)c(OC)c1. The lowest BCUT2D eigenvalue weighted by Gasteiger charge is -2.11. The second-order valence-corrected chi connectivity index (χ2v) is 6.17. The molecule has 5 heteroatoms. The monoisotopic (exact) mass is 377 g/mol. The molecule has 0 heterocycles. The molecule has 0 aliphatic rings. The summed E-state index contributed by atoms with van der Waals surface area (Å²) in [6, 6.07) is 22.8. The Kier molecular flexibility index (Phi) is 6.52. The fourth-order valence-corrected chi connectivity index (χ4v) is 2.70. The summed E-state index contributed by atoms with van der Waals surface area (Å²) in [6.07, 6.45) is 0. The van der Waals surface area contributed by atoms with Crippen LogP contribution in [0.3, 0.4) is 0 Å². The highest BCUT2D eigenvalue weighted by atomic mass is 16.5. The highest BCUT2D eigenvalue weighted by Gasteiger charge is 2.13. The van der Waals surface area contributed by atoms with Crippen LogP contribution in [-0.2, 0) is 13.2 Å². The van der Waals surface area contributed by atoms with Gasteiger partial charge in [-0.3, -0.25) is 4.79 Å². The second kappa shape index (κ2) is 9.46. The van der Waals surface area contributed by atoms with Crippen molar-refractivity contribution in [2.24, 2.45) is 0 Å². The number of benzene rings is 3. The van der Waals surface area contributed by atoms with Crippen LogP contribution in [0.5, 0.6) is 17.2 Å². The van der Waals surface area contributed by atoms with Gasteiger partial charge >= 0.3 is 0 Å². The molecule has 0 spiro atoms. The number of hydrogen-bond acceptors (Lipinski definition) is 4. The van der Waals surface area contributed by atoms with Gasteiger partial charge in [0.1, 0.15) is 23.9 Å². The van der Waals surface area contributed by atoms with E-state index in [9.17, 15) is 4.79 Å². The molecule has 1 N–H and O–H groups in total. The minimum Gasteiger partial charge on any atom is -0.497 e. The van der Waals surface area contributed by atoms with Crippen molar-refractivity contribution in [3.63, 3.8) is 0 Å². The standard InChI is InChI=1S/C23H23NO4/c1-26-20-12-13-21(22(14-20)27-2)23(25)24-15-17-8-10-18(11-9-17)16-28-19-6-4-3-5-7-19/h3-14H,15-16H2,1-2H3,(H,24,25). The zero-order valence-corrected chi connectivity index (χ0v) is 16.0. The lowest BCUT2D eigenvalue weighted by Crippen LogP contribution is -2.23. The third kappa shape index (κ3) is 5.04. The van der Waals surface area contributed by atoms with Crippen LogP contribution in [0.2, 0.25) is 0 Å². The van der Waals surface area contributed by atoms with Crippen molar-refractivity contribution in [3.05, 3.63) is 89.5 Å². The van der Waals surface area contributed by atoms with Crippen molar-refractivity contribution in [2.45, 2.75) is 13.2 Å². The van der Waals surface area contributed by atoms with Gasteiger partial charge in [0.2, 0.25) is 0 Å². The van der Waals surface area contributed by atoms with Crippen LogP contribution in [-0.4, -0.2) is 20.1 Å². The van der Waals surface area contributed by atoms with Crippen molar-refractivity contribution in [1.29, 1.82) is 0 Å². The minimum absolute atomic E-state index is 0.198. The van der Waals surface area contributed by atoms with E-state index in [1.165, 1.54) is 7.11 Å². The summed E-state index contributed by atoms with van der Waals surface area (Å²) in [5.41, 5.74) is 2.54. The Morgan fingerprint density at radius 1 is 0.821 bits per heavy atom. The highest BCUT2D eigenvalue weighted by molar-refractivity contribution is 5.97. The first kappa shape index (κ1) is 19.3.